The number of hydrogen-bond donors (Lipinski definition) is 2. The Bertz CT molecular complexity index is 505. The van der Waals surface area contributed by atoms with Crippen LogP contribution in [0, 0.1) is 12.8 Å². The van der Waals surface area contributed by atoms with Crippen molar-refractivity contribution in [1.82, 2.24) is 10.6 Å². The maximum absolute atomic E-state index is 5.83. The summed E-state index contributed by atoms with van der Waals surface area (Å²) < 4.78 is 10.9. The van der Waals surface area contributed by atoms with Crippen LogP contribution in [0.3, 0.4) is 0 Å². The normalized spacial score (nSPS) is 11.2. The Morgan fingerprint density at radius 2 is 1.88 bits per heavy atom. The molecule has 0 saturated heterocycles. The van der Waals surface area contributed by atoms with Crippen molar-refractivity contribution in [3.05, 3.63) is 29.3 Å². The molecule has 0 aromatic heterocycles. The number of nitrogens with one attached hydrogen (secondary N) is 2. The Morgan fingerprint density at radius 1 is 1.16 bits per heavy atom. The Morgan fingerprint density at radius 3 is 2.48 bits per heavy atom. The van der Waals surface area contributed by atoms with Crippen LogP contribution in [0.5, 0.6) is 5.75 Å². The van der Waals surface area contributed by atoms with Crippen LogP contribution in [0.1, 0.15) is 37.8 Å². The lowest BCUT2D eigenvalue weighted by Gasteiger charge is -2.18. The molecule has 0 saturated carbocycles. The van der Waals surface area contributed by atoms with E-state index in [1.807, 2.05) is 0 Å². The predicted octanol–water partition coefficient (Wildman–Crippen LogP) is 3.74. The first-order chi connectivity index (χ1) is 11.6. The first kappa shape index (κ1) is 24.0. The van der Waals surface area contributed by atoms with Gasteiger partial charge in [0.1, 0.15) is 12.4 Å². The largest absolute Gasteiger partial charge is 0.491 e. The van der Waals surface area contributed by atoms with Gasteiger partial charge in [-0.15, -0.1) is 24.0 Å². The number of methoxy groups -OCH3 is 1. The molecule has 25 heavy (non-hydrogen) atoms. The number of benzene rings is 1. The molecular formula is C19H34IN3O2. The van der Waals surface area contributed by atoms with E-state index in [0.29, 0.717) is 25.7 Å². The fourth-order valence-electron chi connectivity index (χ4n) is 2.40. The number of ether oxygens (including phenoxy) is 2. The van der Waals surface area contributed by atoms with Crippen molar-refractivity contribution in [1.29, 1.82) is 0 Å². The summed E-state index contributed by atoms with van der Waals surface area (Å²) in [5.41, 5.74) is 2.30. The summed E-state index contributed by atoms with van der Waals surface area (Å²) in [6.45, 7) is 9.26. The van der Waals surface area contributed by atoms with E-state index in [9.17, 15) is 0 Å². The molecule has 0 heterocycles. The van der Waals surface area contributed by atoms with E-state index in [2.05, 4.69) is 54.6 Å². The van der Waals surface area contributed by atoms with Gasteiger partial charge in [0, 0.05) is 32.8 Å². The number of guanidine groups is 1. The lowest BCUT2D eigenvalue weighted by molar-refractivity contribution is 0.145. The zero-order valence-corrected chi connectivity index (χ0v) is 18.6. The van der Waals surface area contributed by atoms with E-state index in [0.717, 1.165) is 23.8 Å². The lowest BCUT2D eigenvalue weighted by Crippen LogP contribution is -2.39. The molecule has 0 aliphatic heterocycles. The van der Waals surface area contributed by atoms with Gasteiger partial charge in [-0.2, -0.15) is 0 Å². The van der Waals surface area contributed by atoms with Crippen LogP contribution in [0.2, 0.25) is 0 Å². The third-order valence-corrected chi connectivity index (χ3v) is 4.15. The molecule has 0 atom stereocenters. The second-order valence-electron chi connectivity index (χ2n) is 5.94. The highest BCUT2D eigenvalue weighted by Crippen LogP contribution is 2.20. The fourth-order valence-corrected chi connectivity index (χ4v) is 2.40. The number of rotatable bonds is 10. The zero-order valence-electron chi connectivity index (χ0n) is 16.2. The van der Waals surface area contributed by atoms with E-state index >= 15 is 0 Å². The van der Waals surface area contributed by atoms with Gasteiger partial charge in [0.15, 0.2) is 5.96 Å². The van der Waals surface area contributed by atoms with Crippen LogP contribution in [0.25, 0.3) is 0 Å². The third-order valence-electron chi connectivity index (χ3n) is 4.15. The van der Waals surface area contributed by atoms with Gasteiger partial charge in [0.25, 0.3) is 0 Å². The summed E-state index contributed by atoms with van der Waals surface area (Å²) in [4.78, 5) is 4.30. The monoisotopic (exact) mass is 463 g/mol. The Labute approximate surface area is 170 Å². The highest BCUT2D eigenvalue weighted by molar-refractivity contribution is 14.0. The molecule has 0 fully saturated rings. The van der Waals surface area contributed by atoms with E-state index in [1.165, 1.54) is 18.4 Å². The minimum Gasteiger partial charge on any atom is -0.491 e. The third kappa shape index (κ3) is 9.30. The topological polar surface area (TPSA) is 54.9 Å². The van der Waals surface area contributed by atoms with Crippen molar-refractivity contribution in [3.63, 3.8) is 0 Å². The molecular weight excluding hydrogens is 429 g/mol. The summed E-state index contributed by atoms with van der Waals surface area (Å²) >= 11 is 0. The van der Waals surface area contributed by atoms with Crippen LogP contribution >= 0.6 is 24.0 Å². The SMILES string of the molecule is CCC(CC)CNC(=NC)NCc1ccc(C)cc1OCCOC.I. The maximum Gasteiger partial charge on any atom is 0.191 e. The molecule has 0 aliphatic carbocycles. The van der Waals surface area contributed by atoms with Crippen LogP contribution in [-0.4, -0.2) is 39.9 Å². The van der Waals surface area contributed by atoms with Crippen molar-refractivity contribution in [3.8, 4) is 5.75 Å². The molecule has 5 nitrogen and oxygen atoms in total. The van der Waals surface area contributed by atoms with Crippen LogP contribution in [0.15, 0.2) is 23.2 Å². The lowest BCUT2D eigenvalue weighted by atomic mass is 10.0. The number of halogens is 1. The molecule has 144 valence electrons. The molecule has 0 bridgehead atoms. The zero-order chi connectivity index (χ0) is 17.8. The van der Waals surface area contributed by atoms with Crippen molar-refractivity contribution in [2.24, 2.45) is 10.9 Å². The molecule has 1 aromatic carbocycles. The first-order valence-corrected chi connectivity index (χ1v) is 8.80. The highest BCUT2D eigenvalue weighted by Gasteiger charge is 2.08. The second-order valence-corrected chi connectivity index (χ2v) is 5.94. The van der Waals surface area contributed by atoms with Gasteiger partial charge in [-0.25, -0.2) is 0 Å². The van der Waals surface area contributed by atoms with E-state index in [-0.39, 0.29) is 24.0 Å². The van der Waals surface area contributed by atoms with E-state index < -0.39 is 0 Å². The molecule has 1 aromatic rings. The minimum absolute atomic E-state index is 0. The molecule has 0 unspecified atom stereocenters. The number of hydrogen-bond acceptors (Lipinski definition) is 3. The Kier molecular flexibility index (Phi) is 13.6. The van der Waals surface area contributed by atoms with Crippen LogP contribution in [0.4, 0.5) is 0 Å². The standard InChI is InChI=1S/C19H33N3O2.HI/c1-6-16(7-2)13-21-19(20-4)22-14-17-9-8-15(3)12-18(17)24-11-10-23-5;/h8-9,12,16H,6-7,10-11,13-14H2,1-5H3,(H2,20,21,22);1H. The molecule has 1 rings (SSSR count). The van der Waals surface area contributed by atoms with Gasteiger partial charge in [0.05, 0.1) is 6.61 Å². The molecule has 2 N–H and O–H groups in total. The van der Waals surface area contributed by atoms with Crippen molar-refractivity contribution >= 4 is 29.9 Å². The molecule has 6 heteroatoms. The van der Waals surface area contributed by atoms with Gasteiger partial charge >= 0.3 is 0 Å². The average Bonchev–Trinajstić information content (AvgIpc) is 2.60. The van der Waals surface area contributed by atoms with Crippen molar-refractivity contribution in [2.75, 3.05) is 33.9 Å². The smallest absolute Gasteiger partial charge is 0.191 e. The molecule has 0 amide bonds. The van der Waals surface area contributed by atoms with Gasteiger partial charge in [-0.3, -0.25) is 4.99 Å². The second kappa shape index (κ2) is 14.2. The Hall–Kier alpha value is -1.02. The van der Waals surface area contributed by atoms with E-state index in [1.54, 1.807) is 14.2 Å². The molecule has 0 radical (unpaired) electrons. The highest BCUT2D eigenvalue weighted by atomic mass is 127. The summed E-state index contributed by atoms with van der Waals surface area (Å²) in [5, 5.41) is 6.77. The first-order valence-electron chi connectivity index (χ1n) is 8.80. The maximum atomic E-state index is 5.83. The van der Waals surface area contributed by atoms with Crippen LogP contribution in [-0.2, 0) is 11.3 Å². The molecule has 0 aliphatic rings. The van der Waals surface area contributed by atoms with Crippen molar-refractivity contribution in [2.45, 2.75) is 40.2 Å². The van der Waals surface area contributed by atoms with Gasteiger partial charge in [-0.05, 0) is 24.5 Å². The quantitative estimate of drug-likeness (QED) is 0.240. The van der Waals surface area contributed by atoms with Gasteiger partial charge < -0.3 is 20.1 Å². The number of nitrogens with zero attached hydrogens (tertiary/aromatic N) is 1. The number of aliphatic imine (C=N–C) groups is 1. The van der Waals surface area contributed by atoms with Gasteiger partial charge in [-0.1, -0.05) is 38.8 Å². The van der Waals surface area contributed by atoms with Gasteiger partial charge in [0.2, 0.25) is 0 Å². The van der Waals surface area contributed by atoms with Crippen LogP contribution < -0.4 is 15.4 Å². The minimum atomic E-state index is 0. The Balaban J connectivity index is 0.00000576. The predicted molar refractivity (Wildman–Crippen MR) is 116 cm³/mol. The van der Waals surface area contributed by atoms with E-state index in [4.69, 9.17) is 9.47 Å². The number of aryl methyl sites for hydroxylation is 1. The summed E-state index contributed by atoms with van der Waals surface area (Å²) in [7, 11) is 3.48. The summed E-state index contributed by atoms with van der Waals surface area (Å²) in [5.74, 6) is 2.40. The average molecular weight is 463 g/mol. The molecule has 0 spiro atoms. The summed E-state index contributed by atoms with van der Waals surface area (Å²) in [6.07, 6.45) is 2.35. The fraction of sp³-hybridized carbons (Fsp3) is 0.632. The van der Waals surface area contributed by atoms with Crippen molar-refractivity contribution < 1.29 is 9.47 Å². The summed E-state index contributed by atoms with van der Waals surface area (Å²) in [6, 6.07) is 6.26.